The van der Waals surface area contributed by atoms with Crippen LogP contribution in [0.2, 0.25) is 0 Å². The van der Waals surface area contributed by atoms with Crippen LogP contribution in [0.25, 0.3) is 0 Å². The summed E-state index contributed by atoms with van der Waals surface area (Å²) < 4.78 is 5.51. The standard InChI is InChI=1S/C9H13N3O/c1-5-9-7(12-11-5)2-6-3-13-4-8(9)10-6/h6,8,10H,2-4H2,1H3,(H,11,12). The van der Waals surface area contributed by atoms with Crippen LogP contribution in [0.1, 0.15) is 23.0 Å². The summed E-state index contributed by atoms with van der Waals surface area (Å²) in [5, 5.41) is 10.9. The molecule has 4 nitrogen and oxygen atoms in total. The third kappa shape index (κ3) is 1.02. The van der Waals surface area contributed by atoms with Gasteiger partial charge in [-0.05, 0) is 6.92 Å². The molecule has 2 N–H and O–H groups in total. The topological polar surface area (TPSA) is 49.9 Å². The number of rotatable bonds is 0. The molecule has 2 atom stereocenters. The lowest BCUT2D eigenvalue weighted by molar-refractivity contribution is 0.0383. The smallest absolute Gasteiger partial charge is 0.0690 e. The molecule has 0 spiro atoms. The molecule has 70 valence electrons. The Morgan fingerprint density at radius 1 is 1.46 bits per heavy atom. The summed E-state index contributed by atoms with van der Waals surface area (Å²) in [6.45, 7) is 3.67. The minimum absolute atomic E-state index is 0.362. The number of fused-ring (bicyclic) bond motifs is 4. The number of aromatic amines is 1. The average Bonchev–Trinajstić information content (AvgIpc) is 2.48. The minimum Gasteiger partial charge on any atom is -0.378 e. The Morgan fingerprint density at radius 2 is 2.38 bits per heavy atom. The van der Waals surface area contributed by atoms with Gasteiger partial charge in [0.1, 0.15) is 0 Å². The molecule has 4 heteroatoms. The van der Waals surface area contributed by atoms with Gasteiger partial charge in [-0.2, -0.15) is 5.10 Å². The molecule has 13 heavy (non-hydrogen) atoms. The van der Waals surface area contributed by atoms with Crippen molar-refractivity contribution in [1.82, 2.24) is 15.5 Å². The van der Waals surface area contributed by atoms with Gasteiger partial charge in [-0.3, -0.25) is 5.10 Å². The molecule has 1 saturated heterocycles. The lowest BCUT2D eigenvalue weighted by Crippen LogP contribution is -2.48. The van der Waals surface area contributed by atoms with E-state index in [4.69, 9.17) is 4.74 Å². The monoisotopic (exact) mass is 179 g/mol. The van der Waals surface area contributed by atoms with E-state index >= 15 is 0 Å². The molecule has 0 amide bonds. The van der Waals surface area contributed by atoms with Gasteiger partial charge < -0.3 is 10.1 Å². The number of aryl methyl sites for hydroxylation is 1. The van der Waals surface area contributed by atoms with Crippen molar-refractivity contribution in [2.75, 3.05) is 13.2 Å². The van der Waals surface area contributed by atoms with Crippen LogP contribution in [0, 0.1) is 6.92 Å². The molecule has 1 fully saturated rings. The summed E-state index contributed by atoms with van der Waals surface area (Å²) in [7, 11) is 0. The number of nitrogens with zero attached hydrogens (tertiary/aromatic N) is 1. The second-order valence-electron chi connectivity index (χ2n) is 3.87. The first-order valence-corrected chi connectivity index (χ1v) is 4.72. The highest BCUT2D eigenvalue weighted by molar-refractivity contribution is 5.32. The van der Waals surface area contributed by atoms with Crippen LogP contribution in [-0.2, 0) is 11.2 Å². The maximum absolute atomic E-state index is 5.51. The van der Waals surface area contributed by atoms with Crippen molar-refractivity contribution >= 4 is 0 Å². The first-order valence-electron chi connectivity index (χ1n) is 4.72. The van der Waals surface area contributed by atoms with Crippen LogP contribution in [0.4, 0.5) is 0 Å². The lowest BCUT2D eigenvalue weighted by atomic mass is 9.93. The van der Waals surface area contributed by atoms with Crippen molar-refractivity contribution in [3.8, 4) is 0 Å². The predicted octanol–water partition coefficient (Wildman–Crippen LogP) is 0.304. The first-order chi connectivity index (χ1) is 6.34. The molecule has 1 aromatic heterocycles. The summed E-state index contributed by atoms with van der Waals surface area (Å²) in [4.78, 5) is 0. The maximum atomic E-state index is 5.51. The van der Waals surface area contributed by atoms with Gasteiger partial charge in [-0.15, -0.1) is 0 Å². The fourth-order valence-electron chi connectivity index (χ4n) is 2.33. The van der Waals surface area contributed by atoms with Crippen LogP contribution in [-0.4, -0.2) is 29.5 Å². The molecule has 2 bridgehead atoms. The third-order valence-corrected chi connectivity index (χ3v) is 2.90. The highest BCUT2D eigenvalue weighted by atomic mass is 16.5. The maximum Gasteiger partial charge on any atom is 0.0690 e. The Hall–Kier alpha value is -0.870. The molecule has 0 radical (unpaired) electrons. The largest absolute Gasteiger partial charge is 0.378 e. The summed E-state index contributed by atoms with van der Waals surface area (Å²) in [6.07, 6.45) is 0.996. The van der Waals surface area contributed by atoms with Crippen molar-refractivity contribution in [1.29, 1.82) is 0 Å². The van der Waals surface area contributed by atoms with E-state index in [1.165, 1.54) is 17.0 Å². The van der Waals surface area contributed by atoms with Crippen LogP contribution >= 0.6 is 0 Å². The van der Waals surface area contributed by atoms with Crippen molar-refractivity contribution in [3.63, 3.8) is 0 Å². The molecule has 3 rings (SSSR count). The Morgan fingerprint density at radius 3 is 3.31 bits per heavy atom. The van der Waals surface area contributed by atoms with E-state index in [0.29, 0.717) is 12.1 Å². The van der Waals surface area contributed by atoms with E-state index in [9.17, 15) is 0 Å². The van der Waals surface area contributed by atoms with Gasteiger partial charge in [0.25, 0.3) is 0 Å². The number of ether oxygens (including phenoxy) is 1. The van der Waals surface area contributed by atoms with Crippen LogP contribution in [0.5, 0.6) is 0 Å². The number of H-pyrrole nitrogens is 1. The van der Waals surface area contributed by atoms with E-state index in [-0.39, 0.29) is 0 Å². The van der Waals surface area contributed by atoms with Gasteiger partial charge in [0.05, 0.1) is 24.9 Å². The minimum atomic E-state index is 0.362. The molecule has 0 aliphatic carbocycles. The molecular formula is C9H13N3O. The highest BCUT2D eigenvalue weighted by Gasteiger charge is 2.33. The molecule has 2 aliphatic heterocycles. The summed E-state index contributed by atoms with van der Waals surface area (Å²) in [5.74, 6) is 0. The highest BCUT2D eigenvalue weighted by Crippen LogP contribution is 2.29. The summed E-state index contributed by atoms with van der Waals surface area (Å²) in [6, 6.07) is 0.829. The van der Waals surface area contributed by atoms with E-state index < -0.39 is 0 Å². The Labute approximate surface area is 76.7 Å². The number of aromatic nitrogens is 2. The number of hydrogen-bond acceptors (Lipinski definition) is 3. The van der Waals surface area contributed by atoms with Gasteiger partial charge in [-0.25, -0.2) is 0 Å². The van der Waals surface area contributed by atoms with Crippen LogP contribution in [0.15, 0.2) is 0 Å². The fraction of sp³-hybridized carbons (Fsp3) is 0.667. The second kappa shape index (κ2) is 2.56. The van der Waals surface area contributed by atoms with Gasteiger partial charge in [0.2, 0.25) is 0 Å². The second-order valence-corrected chi connectivity index (χ2v) is 3.87. The van der Waals surface area contributed by atoms with E-state index in [1.54, 1.807) is 0 Å². The zero-order valence-electron chi connectivity index (χ0n) is 7.63. The zero-order chi connectivity index (χ0) is 8.84. The fourth-order valence-corrected chi connectivity index (χ4v) is 2.33. The molecule has 2 unspecified atom stereocenters. The van der Waals surface area contributed by atoms with Crippen molar-refractivity contribution in [2.24, 2.45) is 0 Å². The molecule has 2 aliphatic rings. The molecule has 0 aromatic carbocycles. The zero-order valence-corrected chi connectivity index (χ0v) is 7.63. The number of morpholine rings is 1. The van der Waals surface area contributed by atoms with Gasteiger partial charge in [0.15, 0.2) is 0 Å². The van der Waals surface area contributed by atoms with Crippen molar-refractivity contribution < 1.29 is 4.74 Å². The molecular weight excluding hydrogens is 166 g/mol. The van der Waals surface area contributed by atoms with Gasteiger partial charge in [-0.1, -0.05) is 0 Å². The summed E-state index contributed by atoms with van der Waals surface area (Å²) >= 11 is 0. The molecule has 0 saturated carbocycles. The van der Waals surface area contributed by atoms with E-state index in [1.807, 2.05) is 0 Å². The average molecular weight is 179 g/mol. The van der Waals surface area contributed by atoms with Crippen molar-refractivity contribution in [3.05, 3.63) is 17.0 Å². The van der Waals surface area contributed by atoms with Gasteiger partial charge in [0, 0.05) is 23.7 Å². The number of hydrogen-bond donors (Lipinski definition) is 2. The van der Waals surface area contributed by atoms with E-state index in [2.05, 4.69) is 22.4 Å². The quantitative estimate of drug-likeness (QED) is 0.602. The normalized spacial score (nSPS) is 31.5. The molecule has 1 aromatic rings. The lowest BCUT2D eigenvalue weighted by Gasteiger charge is -2.35. The SMILES string of the molecule is Cc1[nH]nc2c1C1COCC(C2)N1. The predicted molar refractivity (Wildman–Crippen MR) is 47.5 cm³/mol. The molecule has 3 heterocycles. The summed E-state index contributed by atoms with van der Waals surface area (Å²) in [5.41, 5.74) is 3.74. The Kier molecular flexibility index (Phi) is 1.48. The third-order valence-electron chi connectivity index (χ3n) is 2.90. The van der Waals surface area contributed by atoms with Crippen LogP contribution in [0.3, 0.4) is 0 Å². The number of nitrogens with one attached hydrogen (secondary N) is 2. The van der Waals surface area contributed by atoms with Crippen molar-refractivity contribution in [2.45, 2.75) is 25.4 Å². The Bertz CT molecular complexity index is 334. The van der Waals surface area contributed by atoms with Crippen LogP contribution < -0.4 is 5.32 Å². The van der Waals surface area contributed by atoms with Gasteiger partial charge >= 0.3 is 0 Å². The van der Waals surface area contributed by atoms with E-state index in [0.717, 1.165) is 19.6 Å². The first kappa shape index (κ1) is 7.53. The Balaban J connectivity index is 2.08.